The molecule has 3 N–H and O–H groups in total. The number of hydrogen-bond donors (Lipinski definition) is 2. The predicted molar refractivity (Wildman–Crippen MR) is 46.7 cm³/mol. The number of rotatable bonds is 1. The molecule has 1 rings (SSSR count). The van der Waals surface area contributed by atoms with E-state index in [2.05, 4.69) is 0 Å². The quantitative estimate of drug-likeness (QED) is 0.623. The van der Waals surface area contributed by atoms with Crippen molar-refractivity contribution in [1.29, 1.82) is 0 Å². The fourth-order valence-corrected chi connectivity index (χ4v) is 2.12. The predicted octanol–water partition coefficient (Wildman–Crippen LogP) is 1.22. The van der Waals surface area contributed by atoms with E-state index in [4.69, 9.17) is 10.8 Å². The molecule has 0 amide bonds. The molecule has 0 spiro atoms. The molecule has 0 aromatic rings. The van der Waals surface area contributed by atoms with Gasteiger partial charge in [0.15, 0.2) is 0 Å². The molecule has 1 saturated carbocycles. The highest BCUT2D eigenvalue weighted by Gasteiger charge is 2.46. The Labute approximate surface area is 72.9 Å². The summed E-state index contributed by atoms with van der Waals surface area (Å²) in [7, 11) is 0. The van der Waals surface area contributed by atoms with Crippen molar-refractivity contribution in [2.24, 2.45) is 17.6 Å². The topological polar surface area (TPSA) is 63.3 Å². The van der Waals surface area contributed by atoms with Gasteiger partial charge in [-0.2, -0.15) is 0 Å². The third-order valence-electron chi connectivity index (χ3n) is 3.28. The Hall–Kier alpha value is -0.570. The summed E-state index contributed by atoms with van der Waals surface area (Å²) in [5.74, 6) is -0.653. The molecule has 1 aliphatic rings. The Morgan fingerprint density at radius 3 is 2.08 bits per heavy atom. The molecule has 0 aromatic carbocycles. The first-order chi connectivity index (χ1) is 5.49. The lowest BCUT2D eigenvalue weighted by molar-refractivity contribution is -0.149. The Kier molecular flexibility index (Phi) is 2.42. The van der Waals surface area contributed by atoms with Gasteiger partial charge in [0.25, 0.3) is 0 Å². The molecule has 0 heterocycles. The lowest BCUT2D eigenvalue weighted by atomic mass is 9.68. The highest BCUT2D eigenvalue weighted by Crippen LogP contribution is 2.36. The minimum absolute atomic E-state index is 0.0961. The third kappa shape index (κ3) is 1.22. The van der Waals surface area contributed by atoms with Gasteiger partial charge in [-0.1, -0.05) is 20.3 Å². The van der Waals surface area contributed by atoms with Crippen molar-refractivity contribution in [3.63, 3.8) is 0 Å². The van der Waals surface area contributed by atoms with E-state index in [1.165, 1.54) is 0 Å². The smallest absolute Gasteiger partial charge is 0.324 e. The average molecular weight is 171 g/mol. The second kappa shape index (κ2) is 3.05. The Balaban J connectivity index is 2.87. The van der Waals surface area contributed by atoms with Crippen LogP contribution in [0.5, 0.6) is 0 Å². The highest BCUT2D eigenvalue weighted by molar-refractivity contribution is 5.79. The maximum absolute atomic E-state index is 11.0. The molecule has 0 radical (unpaired) electrons. The molecule has 0 saturated heterocycles. The first-order valence-corrected chi connectivity index (χ1v) is 4.51. The molecule has 0 aromatic heterocycles. The van der Waals surface area contributed by atoms with Gasteiger partial charge in [-0.3, -0.25) is 4.79 Å². The number of carbonyl (C=O) groups is 1. The minimum atomic E-state index is -0.988. The van der Waals surface area contributed by atoms with Crippen LogP contribution in [0, 0.1) is 11.8 Å². The van der Waals surface area contributed by atoms with Crippen molar-refractivity contribution in [1.82, 2.24) is 0 Å². The first-order valence-electron chi connectivity index (χ1n) is 4.51. The molecule has 3 heteroatoms. The summed E-state index contributed by atoms with van der Waals surface area (Å²) in [6.07, 6.45) is 2.98. The molecule has 12 heavy (non-hydrogen) atoms. The number of carboxylic acids is 1. The van der Waals surface area contributed by atoms with E-state index in [-0.39, 0.29) is 11.8 Å². The van der Waals surface area contributed by atoms with Gasteiger partial charge in [0, 0.05) is 0 Å². The number of nitrogens with two attached hydrogens (primary N) is 1. The normalized spacial score (nSPS) is 42.6. The largest absolute Gasteiger partial charge is 0.480 e. The minimum Gasteiger partial charge on any atom is -0.480 e. The van der Waals surface area contributed by atoms with Crippen LogP contribution < -0.4 is 5.73 Å². The van der Waals surface area contributed by atoms with Crippen LogP contribution >= 0.6 is 0 Å². The maximum Gasteiger partial charge on any atom is 0.324 e. The van der Waals surface area contributed by atoms with Gasteiger partial charge in [0.1, 0.15) is 5.54 Å². The summed E-state index contributed by atoms with van der Waals surface area (Å²) in [5, 5.41) is 9.01. The molecular weight excluding hydrogens is 154 g/mol. The van der Waals surface area contributed by atoms with Crippen molar-refractivity contribution in [3.05, 3.63) is 0 Å². The molecule has 3 nitrogen and oxygen atoms in total. The van der Waals surface area contributed by atoms with E-state index in [0.29, 0.717) is 0 Å². The summed E-state index contributed by atoms with van der Waals surface area (Å²) in [5.41, 5.74) is 4.90. The summed E-state index contributed by atoms with van der Waals surface area (Å²) in [4.78, 5) is 11.0. The summed E-state index contributed by atoms with van der Waals surface area (Å²) in [6, 6.07) is 0. The molecule has 1 unspecified atom stereocenters. The lowest BCUT2D eigenvalue weighted by Crippen LogP contribution is -2.59. The van der Waals surface area contributed by atoms with Crippen molar-refractivity contribution < 1.29 is 9.90 Å². The van der Waals surface area contributed by atoms with E-state index >= 15 is 0 Å². The second-order valence-corrected chi connectivity index (χ2v) is 3.97. The SMILES string of the molecule is C[C@@H]1CCC[C@H](C)C1(N)C(=O)O. The van der Waals surface area contributed by atoms with E-state index in [1.54, 1.807) is 0 Å². The highest BCUT2D eigenvalue weighted by atomic mass is 16.4. The van der Waals surface area contributed by atoms with Crippen molar-refractivity contribution in [3.8, 4) is 0 Å². The zero-order chi connectivity index (χ0) is 9.35. The van der Waals surface area contributed by atoms with Crippen LogP contribution in [-0.4, -0.2) is 16.6 Å². The van der Waals surface area contributed by atoms with Gasteiger partial charge in [-0.15, -0.1) is 0 Å². The molecule has 1 aliphatic carbocycles. The van der Waals surface area contributed by atoms with E-state index in [1.807, 2.05) is 13.8 Å². The Morgan fingerprint density at radius 1 is 1.42 bits per heavy atom. The first kappa shape index (κ1) is 9.52. The Bertz CT molecular complexity index is 181. The second-order valence-electron chi connectivity index (χ2n) is 3.97. The maximum atomic E-state index is 11.0. The van der Waals surface area contributed by atoms with E-state index in [9.17, 15) is 4.79 Å². The summed E-state index contributed by atoms with van der Waals surface area (Å²) < 4.78 is 0. The van der Waals surface area contributed by atoms with Gasteiger partial charge in [-0.05, 0) is 24.7 Å². The van der Waals surface area contributed by atoms with E-state index < -0.39 is 11.5 Å². The summed E-state index contributed by atoms with van der Waals surface area (Å²) in [6.45, 7) is 3.87. The average Bonchev–Trinajstić information content (AvgIpc) is 1.99. The zero-order valence-electron chi connectivity index (χ0n) is 7.71. The molecule has 0 aliphatic heterocycles. The third-order valence-corrected chi connectivity index (χ3v) is 3.28. The van der Waals surface area contributed by atoms with Crippen LogP contribution in [0.15, 0.2) is 0 Å². The fourth-order valence-electron chi connectivity index (χ4n) is 2.12. The van der Waals surface area contributed by atoms with Gasteiger partial charge in [0.05, 0.1) is 0 Å². The van der Waals surface area contributed by atoms with E-state index in [0.717, 1.165) is 19.3 Å². The number of hydrogen-bond acceptors (Lipinski definition) is 2. The van der Waals surface area contributed by atoms with Crippen LogP contribution in [0.2, 0.25) is 0 Å². The summed E-state index contributed by atoms with van der Waals surface area (Å²) >= 11 is 0. The van der Waals surface area contributed by atoms with Crippen molar-refractivity contribution in [2.45, 2.75) is 38.6 Å². The van der Waals surface area contributed by atoms with Crippen molar-refractivity contribution in [2.75, 3.05) is 0 Å². The molecule has 70 valence electrons. The number of aliphatic carboxylic acids is 1. The number of carboxylic acid groups (broad SMARTS) is 1. The molecule has 1 fully saturated rings. The van der Waals surface area contributed by atoms with Gasteiger partial charge < -0.3 is 10.8 Å². The monoisotopic (exact) mass is 171 g/mol. The van der Waals surface area contributed by atoms with Crippen LogP contribution in [0.25, 0.3) is 0 Å². The molecular formula is C9H17NO2. The molecule has 3 atom stereocenters. The van der Waals surface area contributed by atoms with Crippen LogP contribution in [0.3, 0.4) is 0 Å². The molecule has 0 bridgehead atoms. The van der Waals surface area contributed by atoms with Crippen LogP contribution in [0.4, 0.5) is 0 Å². The van der Waals surface area contributed by atoms with Crippen LogP contribution in [0.1, 0.15) is 33.1 Å². The van der Waals surface area contributed by atoms with Crippen LogP contribution in [-0.2, 0) is 4.79 Å². The fraction of sp³-hybridized carbons (Fsp3) is 0.889. The van der Waals surface area contributed by atoms with Gasteiger partial charge in [-0.25, -0.2) is 0 Å². The standard InChI is InChI=1S/C9H17NO2/c1-6-4-3-5-7(2)9(6,10)8(11)12/h6-7H,3-5,10H2,1-2H3,(H,11,12)/t6-,7+,9?. The van der Waals surface area contributed by atoms with Gasteiger partial charge >= 0.3 is 5.97 Å². The van der Waals surface area contributed by atoms with Gasteiger partial charge in [0.2, 0.25) is 0 Å². The lowest BCUT2D eigenvalue weighted by Gasteiger charge is -2.40. The zero-order valence-corrected chi connectivity index (χ0v) is 7.71. The van der Waals surface area contributed by atoms with Crippen molar-refractivity contribution >= 4 is 5.97 Å². The Morgan fingerprint density at radius 2 is 1.83 bits per heavy atom.